The number of rotatable bonds is 3. The van der Waals surface area contributed by atoms with Crippen LogP contribution in [0.3, 0.4) is 0 Å². The molecule has 0 spiro atoms. The monoisotopic (exact) mass is 275 g/mol. The molecule has 1 saturated carbocycles. The maximum atomic E-state index is 9.04. The normalized spacial score (nSPS) is 18.0. The molecule has 1 heterocycles. The fraction of sp³-hybridized carbons (Fsp3) is 0.700. The van der Waals surface area contributed by atoms with Crippen LogP contribution in [0.1, 0.15) is 37.8 Å². The Balaban J connectivity index is 2.04. The van der Waals surface area contributed by atoms with Crippen molar-refractivity contribution in [2.24, 2.45) is 0 Å². The first kappa shape index (κ1) is 11.0. The molecular formula is C10H14BrNO3. The molecule has 0 aromatic carbocycles. The Hall–Kier alpha value is -0.550. The SMILES string of the molecule is OCc1noc(Br)c1OC1CCCCC1. The first-order valence-electron chi connectivity index (χ1n) is 5.23. The lowest BCUT2D eigenvalue weighted by atomic mass is 9.98. The van der Waals surface area contributed by atoms with Crippen LogP contribution in [-0.4, -0.2) is 16.4 Å². The Bertz CT molecular complexity index is 320. The van der Waals surface area contributed by atoms with Crippen LogP contribution in [0.2, 0.25) is 0 Å². The van der Waals surface area contributed by atoms with Gasteiger partial charge in [-0.2, -0.15) is 0 Å². The van der Waals surface area contributed by atoms with E-state index in [0.717, 1.165) is 12.8 Å². The highest BCUT2D eigenvalue weighted by Crippen LogP contribution is 2.32. The van der Waals surface area contributed by atoms with E-state index in [2.05, 4.69) is 21.1 Å². The zero-order chi connectivity index (χ0) is 10.7. The van der Waals surface area contributed by atoms with Crippen molar-refractivity contribution in [3.8, 4) is 5.75 Å². The summed E-state index contributed by atoms with van der Waals surface area (Å²) in [4.78, 5) is 0. The van der Waals surface area contributed by atoms with Crippen LogP contribution in [0.25, 0.3) is 0 Å². The number of aliphatic hydroxyl groups excluding tert-OH is 1. The molecule has 0 bridgehead atoms. The third kappa shape index (κ3) is 2.52. The van der Waals surface area contributed by atoms with Crippen molar-refractivity contribution in [2.75, 3.05) is 0 Å². The number of aromatic nitrogens is 1. The maximum absolute atomic E-state index is 9.04. The van der Waals surface area contributed by atoms with Crippen LogP contribution in [0.5, 0.6) is 5.75 Å². The van der Waals surface area contributed by atoms with Gasteiger partial charge in [-0.1, -0.05) is 11.6 Å². The average Bonchev–Trinajstić information content (AvgIpc) is 2.62. The highest BCUT2D eigenvalue weighted by Gasteiger charge is 2.21. The van der Waals surface area contributed by atoms with Gasteiger partial charge in [-0.25, -0.2) is 0 Å². The minimum absolute atomic E-state index is 0.156. The highest BCUT2D eigenvalue weighted by molar-refractivity contribution is 9.10. The van der Waals surface area contributed by atoms with E-state index in [1.54, 1.807) is 0 Å². The summed E-state index contributed by atoms with van der Waals surface area (Å²) in [5.74, 6) is 0.560. The van der Waals surface area contributed by atoms with Gasteiger partial charge in [-0.3, -0.25) is 0 Å². The van der Waals surface area contributed by atoms with Crippen LogP contribution >= 0.6 is 15.9 Å². The molecule has 4 nitrogen and oxygen atoms in total. The Morgan fingerprint density at radius 2 is 2.13 bits per heavy atom. The van der Waals surface area contributed by atoms with Crippen LogP contribution in [0, 0.1) is 0 Å². The summed E-state index contributed by atoms with van der Waals surface area (Å²) >= 11 is 3.22. The number of nitrogens with zero attached hydrogens (tertiary/aromatic N) is 1. The molecule has 1 aromatic heterocycles. The molecule has 1 N–H and O–H groups in total. The van der Waals surface area contributed by atoms with Crippen LogP contribution in [-0.2, 0) is 6.61 Å². The van der Waals surface area contributed by atoms with Crippen molar-refractivity contribution < 1.29 is 14.4 Å². The summed E-state index contributed by atoms with van der Waals surface area (Å²) in [7, 11) is 0. The molecule has 1 fully saturated rings. The second-order valence-electron chi connectivity index (χ2n) is 3.77. The molecule has 0 saturated heterocycles. The summed E-state index contributed by atoms with van der Waals surface area (Å²) in [5.41, 5.74) is 0.465. The minimum atomic E-state index is -0.156. The van der Waals surface area contributed by atoms with E-state index in [-0.39, 0.29) is 12.7 Å². The number of hydrogen-bond donors (Lipinski definition) is 1. The summed E-state index contributed by atoms with van der Waals surface area (Å²) < 4.78 is 11.2. The standard InChI is InChI=1S/C10H14BrNO3/c11-10-9(8(6-13)12-15-10)14-7-4-2-1-3-5-7/h7,13H,1-6H2. The molecule has 84 valence electrons. The van der Waals surface area contributed by atoms with Crippen molar-refractivity contribution >= 4 is 15.9 Å². The quantitative estimate of drug-likeness (QED) is 0.922. The second kappa shape index (κ2) is 4.99. The van der Waals surface area contributed by atoms with Gasteiger partial charge in [0.2, 0.25) is 4.67 Å². The fourth-order valence-corrected chi connectivity index (χ4v) is 2.25. The first-order chi connectivity index (χ1) is 7.31. The van der Waals surface area contributed by atoms with Crippen molar-refractivity contribution in [1.82, 2.24) is 5.16 Å². The minimum Gasteiger partial charge on any atom is -0.484 e. The van der Waals surface area contributed by atoms with Crippen molar-refractivity contribution in [3.05, 3.63) is 10.4 Å². The fourth-order valence-electron chi connectivity index (χ4n) is 1.86. The van der Waals surface area contributed by atoms with Crippen LogP contribution < -0.4 is 4.74 Å². The number of aliphatic hydroxyl groups is 1. The molecule has 0 unspecified atom stereocenters. The lowest BCUT2D eigenvalue weighted by Crippen LogP contribution is -2.20. The largest absolute Gasteiger partial charge is 0.484 e. The summed E-state index contributed by atoms with van der Waals surface area (Å²) in [6, 6.07) is 0. The molecule has 15 heavy (non-hydrogen) atoms. The predicted octanol–water partition coefficient (Wildman–Crippen LogP) is 2.64. The van der Waals surface area contributed by atoms with Crippen molar-refractivity contribution in [3.63, 3.8) is 0 Å². The molecule has 1 aliphatic carbocycles. The van der Waals surface area contributed by atoms with Crippen molar-refractivity contribution in [1.29, 1.82) is 0 Å². The highest BCUT2D eigenvalue weighted by atomic mass is 79.9. The molecule has 0 amide bonds. The maximum Gasteiger partial charge on any atom is 0.244 e. The summed E-state index contributed by atoms with van der Waals surface area (Å²) in [6.07, 6.45) is 6.09. The van der Waals surface area contributed by atoms with Gasteiger partial charge in [0.15, 0.2) is 11.4 Å². The van der Waals surface area contributed by atoms with Gasteiger partial charge in [0, 0.05) is 0 Å². The summed E-state index contributed by atoms with van der Waals surface area (Å²) in [5, 5.41) is 12.7. The van der Waals surface area contributed by atoms with Crippen LogP contribution in [0.15, 0.2) is 9.19 Å². The Morgan fingerprint density at radius 1 is 1.40 bits per heavy atom. The van der Waals surface area contributed by atoms with E-state index in [0.29, 0.717) is 16.1 Å². The Kier molecular flexibility index (Phi) is 3.64. The zero-order valence-corrected chi connectivity index (χ0v) is 9.99. The summed E-state index contributed by atoms with van der Waals surface area (Å²) in [6.45, 7) is -0.156. The van der Waals surface area contributed by atoms with Gasteiger partial charge in [0.05, 0.1) is 12.7 Å². The van der Waals surface area contributed by atoms with Gasteiger partial charge in [0.25, 0.3) is 0 Å². The number of hydrogen-bond acceptors (Lipinski definition) is 4. The lowest BCUT2D eigenvalue weighted by molar-refractivity contribution is 0.148. The molecule has 5 heteroatoms. The van der Waals surface area contributed by atoms with E-state index >= 15 is 0 Å². The molecule has 2 rings (SSSR count). The van der Waals surface area contributed by atoms with E-state index in [4.69, 9.17) is 14.4 Å². The molecule has 0 atom stereocenters. The molecule has 0 aliphatic heterocycles. The molecule has 1 aromatic rings. The zero-order valence-electron chi connectivity index (χ0n) is 8.41. The Morgan fingerprint density at radius 3 is 2.80 bits per heavy atom. The average molecular weight is 276 g/mol. The van der Waals surface area contributed by atoms with Crippen molar-refractivity contribution in [2.45, 2.75) is 44.8 Å². The first-order valence-corrected chi connectivity index (χ1v) is 6.02. The van der Waals surface area contributed by atoms with E-state index in [1.165, 1.54) is 19.3 Å². The third-order valence-electron chi connectivity index (χ3n) is 2.66. The predicted molar refractivity (Wildman–Crippen MR) is 57.6 cm³/mol. The number of ether oxygens (including phenoxy) is 1. The van der Waals surface area contributed by atoms with Gasteiger partial charge in [0.1, 0.15) is 0 Å². The number of halogens is 1. The van der Waals surface area contributed by atoms with Gasteiger partial charge >= 0.3 is 0 Å². The molecule has 0 radical (unpaired) electrons. The van der Waals surface area contributed by atoms with E-state index in [1.807, 2.05) is 0 Å². The molecule has 1 aliphatic rings. The Labute approximate surface area is 96.7 Å². The van der Waals surface area contributed by atoms with Gasteiger partial charge < -0.3 is 14.4 Å². The third-order valence-corrected chi connectivity index (χ3v) is 3.17. The lowest BCUT2D eigenvalue weighted by Gasteiger charge is -2.22. The topological polar surface area (TPSA) is 55.5 Å². The molecular weight excluding hydrogens is 262 g/mol. The van der Waals surface area contributed by atoms with E-state index < -0.39 is 0 Å². The van der Waals surface area contributed by atoms with E-state index in [9.17, 15) is 0 Å². The van der Waals surface area contributed by atoms with Gasteiger partial charge in [-0.15, -0.1) is 0 Å². The smallest absolute Gasteiger partial charge is 0.244 e. The van der Waals surface area contributed by atoms with Crippen LogP contribution in [0.4, 0.5) is 0 Å². The van der Waals surface area contributed by atoms with Gasteiger partial charge in [-0.05, 0) is 41.6 Å². The second-order valence-corrected chi connectivity index (χ2v) is 4.49.